The Morgan fingerprint density at radius 1 is 1.33 bits per heavy atom. The molecule has 1 N–H and O–H groups in total. The van der Waals surface area contributed by atoms with E-state index in [-0.39, 0.29) is 24.1 Å². The van der Waals surface area contributed by atoms with Crippen molar-refractivity contribution in [3.05, 3.63) is 18.0 Å². The van der Waals surface area contributed by atoms with Crippen LogP contribution in [0, 0.1) is 5.41 Å². The van der Waals surface area contributed by atoms with Crippen molar-refractivity contribution in [2.24, 2.45) is 5.41 Å². The Morgan fingerprint density at radius 2 is 2.12 bits per heavy atom. The van der Waals surface area contributed by atoms with Gasteiger partial charge in [0.15, 0.2) is 0 Å². The molecule has 0 amide bonds. The Labute approximate surface area is 142 Å². The highest BCUT2D eigenvalue weighted by molar-refractivity contribution is 5.80. The van der Waals surface area contributed by atoms with E-state index < -0.39 is 0 Å². The number of hydrogen-bond donors (Lipinski definition) is 1. The van der Waals surface area contributed by atoms with Gasteiger partial charge in [-0.05, 0) is 44.8 Å². The van der Waals surface area contributed by atoms with Crippen molar-refractivity contribution >= 4 is 5.97 Å². The van der Waals surface area contributed by atoms with Crippen LogP contribution >= 0.6 is 0 Å². The third-order valence-corrected chi connectivity index (χ3v) is 6.16. The lowest BCUT2D eigenvalue weighted by atomic mass is 9.67. The van der Waals surface area contributed by atoms with Crippen LogP contribution in [-0.2, 0) is 16.1 Å². The molecule has 1 unspecified atom stereocenters. The minimum atomic E-state index is -0.111. The highest BCUT2D eigenvalue weighted by Gasteiger charge is 2.52. The summed E-state index contributed by atoms with van der Waals surface area (Å²) in [5.41, 5.74) is 1.13. The summed E-state index contributed by atoms with van der Waals surface area (Å²) in [4.78, 5) is 14.5. The number of esters is 1. The third kappa shape index (κ3) is 2.86. The van der Waals surface area contributed by atoms with Gasteiger partial charge in [-0.1, -0.05) is 6.42 Å². The first-order valence-corrected chi connectivity index (χ1v) is 9.26. The molecule has 6 heteroatoms. The van der Waals surface area contributed by atoms with Gasteiger partial charge in [0.05, 0.1) is 18.6 Å². The first-order valence-electron chi connectivity index (χ1n) is 9.26. The zero-order chi connectivity index (χ0) is 16.6. The molecule has 132 valence electrons. The van der Waals surface area contributed by atoms with E-state index in [0.717, 1.165) is 51.7 Å². The van der Waals surface area contributed by atoms with Crippen LogP contribution in [-0.4, -0.2) is 58.1 Å². The van der Waals surface area contributed by atoms with Crippen LogP contribution in [0.25, 0.3) is 0 Å². The molecule has 1 aromatic heterocycles. The van der Waals surface area contributed by atoms with Crippen LogP contribution in [0.5, 0.6) is 0 Å². The van der Waals surface area contributed by atoms with Gasteiger partial charge in [-0.15, -0.1) is 0 Å². The molecule has 1 aliphatic carbocycles. The average Bonchev–Trinajstić information content (AvgIpc) is 3.12. The van der Waals surface area contributed by atoms with E-state index in [1.54, 1.807) is 0 Å². The molecule has 24 heavy (non-hydrogen) atoms. The fraction of sp³-hybridized carbons (Fsp3) is 0.778. The summed E-state index contributed by atoms with van der Waals surface area (Å²) in [6.07, 6.45) is 8.27. The predicted octanol–water partition coefficient (Wildman–Crippen LogP) is 1.54. The maximum atomic E-state index is 12.1. The number of carbonyl (C=O) groups excluding carboxylic acids is 1. The predicted molar refractivity (Wildman–Crippen MR) is 88.5 cm³/mol. The Kier molecular flexibility index (Phi) is 4.35. The molecule has 1 spiro atoms. The monoisotopic (exact) mass is 333 g/mol. The molecule has 0 aromatic carbocycles. The summed E-state index contributed by atoms with van der Waals surface area (Å²) in [5.74, 6) is 0.570. The lowest BCUT2D eigenvalue weighted by molar-refractivity contribution is -0.152. The molecule has 3 heterocycles. The van der Waals surface area contributed by atoms with Gasteiger partial charge in [0, 0.05) is 30.8 Å². The van der Waals surface area contributed by atoms with Crippen LogP contribution < -0.4 is 0 Å². The molecule has 4 rings (SSSR count). The number of hydrogen-bond acceptors (Lipinski definition) is 5. The standard InChI is InChI=1S/C18H27N3O3/c22-11-10-21-16(2-7-19-21)14-3-8-20(9-4-14)13-15-12-18(5-1-6-18)17(23)24-15/h2,7,14-15,22H,1,3-6,8-13H2. The van der Waals surface area contributed by atoms with Gasteiger partial charge in [-0.3, -0.25) is 14.4 Å². The largest absolute Gasteiger partial charge is 0.461 e. The summed E-state index contributed by atoms with van der Waals surface area (Å²) in [6, 6.07) is 2.08. The minimum Gasteiger partial charge on any atom is -0.461 e. The lowest BCUT2D eigenvalue weighted by Crippen LogP contribution is -2.39. The van der Waals surface area contributed by atoms with Crippen molar-refractivity contribution in [3.8, 4) is 0 Å². The number of ether oxygens (including phenoxy) is 1. The zero-order valence-electron chi connectivity index (χ0n) is 14.2. The van der Waals surface area contributed by atoms with Crippen LogP contribution in [0.3, 0.4) is 0 Å². The van der Waals surface area contributed by atoms with Gasteiger partial charge in [0.1, 0.15) is 6.10 Å². The van der Waals surface area contributed by atoms with E-state index in [0.29, 0.717) is 12.5 Å². The van der Waals surface area contributed by atoms with Crippen molar-refractivity contribution in [1.29, 1.82) is 0 Å². The maximum Gasteiger partial charge on any atom is 0.312 e. The summed E-state index contributed by atoms with van der Waals surface area (Å²) in [5, 5.41) is 13.4. The summed E-state index contributed by atoms with van der Waals surface area (Å²) in [7, 11) is 0. The average molecular weight is 333 g/mol. The first kappa shape index (κ1) is 16.1. The van der Waals surface area contributed by atoms with Crippen LogP contribution in [0.4, 0.5) is 0 Å². The van der Waals surface area contributed by atoms with Crippen molar-refractivity contribution in [2.45, 2.75) is 57.1 Å². The van der Waals surface area contributed by atoms with E-state index in [4.69, 9.17) is 9.84 Å². The third-order valence-electron chi connectivity index (χ3n) is 6.16. The molecule has 1 aromatic rings. The number of aliphatic hydroxyl groups is 1. The number of carbonyl (C=O) groups is 1. The number of likely N-dealkylation sites (tertiary alicyclic amines) is 1. The van der Waals surface area contributed by atoms with Crippen LogP contribution in [0.1, 0.15) is 50.1 Å². The molecule has 2 aliphatic heterocycles. The van der Waals surface area contributed by atoms with Gasteiger partial charge < -0.3 is 9.84 Å². The molecular weight excluding hydrogens is 306 g/mol. The second-order valence-corrected chi connectivity index (χ2v) is 7.64. The maximum absolute atomic E-state index is 12.1. The highest BCUT2D eigenvalue weighted by atomic mass is 16.6. The summed E-state index contributed by atoms with van der Waals surface area (Å²) in [6.45, 7) is 3.66. The molecule has 0 radical (unpaired) electrons. The number of cyclic esters (lactones) is 1. The van der Waals surface area contributed by atoms with E-state index >= 15 is 0 Å². The lowest BCUT2D eigenvalue weighted by Gasteiger charge is -2.35. The molecule has 3 aliphatic rings. The van der Waals surface area contributed by atoms with Gasteiger partial charge in [0.25, 0.3) is 0 Å². The number of piperidine rings is 1. The second kappa shape index (κ2) is 6.48. The number of nitrogens with zero attached hydrogens (tertiary/aromatic N) is 3. The van der Waals surface area contributed by atoms with Crippen LogP contribution in [0.2, 0.25) is 0 Å². The number of aliphatic hydroxyl groups excluding tert-OH is 1. The van der Waals surface area contributed by atoms with Crippen molar-refractivity contribution in [3.63, 3.8) is 0 Å². The number of rotatable bonds is 5. The van der Waals surface area contributed by atoms with Gasteiger partial charge >= 0.3 is 5.97 Å². The second-order valence-electron chi connectivity index (χ2n) is 7.64. The SMILES string of the molecule is O=C1OC(CN2CCC(c3ccnn3CCO)CC2)CC12CCC2. The summed E-state index contributed by atoms with van der Waals surface area (Å²) >= 11 is 0. The molecular formula is C18H27N3O3. The van der Waals surface area contributed by atoms with Crippen molar-refractivity contribution in [1.82, 2.24) is 14.7 Å². The van der Waals surface area contributed by atoms with E-state index in [9.17, 15) is 4.79 Å². The Morgan fingerprint density at radius 3 is 2.75 bits per heavy atom. The fourth-order valence-electron chi connectivity index (χ4n) is 4.62. The number of aromatic nitrogens is 2. The molecule has 2 saturated heterocycles. The normalized spacial score (nSPS) is 27.4. The van der Waals surface area contributed by atoms with E-state index in [1.807, 2.05) is 10.9 Å². The molecule has 1 saturated carbocycles. The Balaban J connectivity index is 1.29. The first-order chi connectivity index (χ1) is 11.7. The highest BCUT2D eigenvalue weighted by Crippen LogP contribution is 2.50. The molecule has 0 bridgehead atoms. The minimum absolute atomic E-state index is 0.0570. The topological polar surface area (TPSA) is 67.6 Å². The molecule has 1 atom stereocenters. The Bertz CT molecular complexity index is 588. The molecule has 3 fully saturated rings. The fourth-order valence-corrected chi connectivity index (χ4v) is 4.62. The zero-order valence-corrected chi connectivity index (χ0v) is 14.2. The van der Waals surface area contributed by atoms with Gasteiger partial charge in [0.2, 0.25) is 0 Å². The van der Waals surface area contributed by atoms with Crippen molar-refractivity contribution in [2.75, 3.05) is 26.2 Å². The summed E-state index contributed by atoms with van der Waals surface area (Å²) < 4.78 is 7.58. The molecule has 6 nitrogen and oxygen atoms in total. The smallest absolute Gasteiger partial charge is 0.312 e. The Hall–Kier alpha value is -1.40. The van der Waals surface area contributed by atoms with Crippen LogP contribution in [0.15, 0.2) is 12.3 Å². The van der Waals surface area contributed by atoms with E-state index in [1.165, 1.54) is 12.1 Å². The van der Waals surface area contributed by atoms with Crippen molar-refractivity contribution < 1.29 is 14.6 Å². The quantitative estimate of drug-likeness (QED) is 0.828. The van der Waals surface area contributed by atoms with Gasteiger partial charge in [-0.25, -0.2) is 0 Å². The van der Waals surface area contributed by atoms with Gasteiger partial charge in [-0.2, -0.15) is 5.10 Å². The van der Waals surface area contributed by atoms with E-state index in [2.05, 4.69) is 16.1 Å².